The van der Waals surface area contributed by atoms with Crippen LogP contribution in [0, 0.1) is 0 Å². The second kappa shape index (κ2) is 8.87. The van der Waals surface area contributed by atoms with Crippen LogP contribution in [0.2, 0.25) is 10.0 Å². The van der Waals surface area contributed by atoms with E-state index in [-0.39, 0.29) is 15.6 Å². The van der Waals surface area contributed by atoms with Crippen LogP contribution in [0.4, 0.5) is 5.69 Å². The lowest BCUT2D eigenvalue weighted by Gasteiger charge is -2.11. The van der Waals surface area contributed by atoms with Gasteiger partial charge in [0.1, 0.15) is 0 Å². The number of rotatable bonds is 5. The molecule has 3 rings (SSSR count). The first-order chi connectivity index (χ1) is 13.5. The van der Waals surface area contributed by atoms with Crippen molar-refractivity contribution >= 4 is 57.7 Å². The zero-order valence-electron chi connectivity index (χ0n) is 14.9. The molecular formula is C21H16Cl2N2O3. The smallest absolute Gasteiger partial charge is 0.330 e. The van der Waals surface area contributed by atoms with Crippen LogP contribution in [0.25, 0.3) is 17.0 Å². The third kappa shape index (κ3) is 4.32. The van der Waals surface area contributed by atoms with Crippen LogP contribution in [0.1, 0.15) is 22.8 Å². The molecule has 3 aromatic rings. The summed E-state index contributed by atoms with van der Waals surface area (Å²) in [5.41, 5.74) is 2.04. The molecule has 0 radical (unpaired) electrons. The minimum absolute atomic E-state index is 0.196. The molecule has 0 unspecified atom stereocenters. The Labute approximate surface area is 171 Å². The molecule has 1 aromatic heterocycles. The molecule has 0 saturated carbocycles. The monoisotopic (exact) mass is 414 g/mol. The SMILES string of the molecule is CCOC(=O)C=Cc1ccnc2c(NC(=O)c3c(Cl)cccc3Cl)cccc12. The molecule has 1 heterocycles. The largest absolute Gasteiger partial charge is 0.463 e. The van der Waals surface area contributed by atoms with Crippen molar-refractivity contribution in [2.45, 2.75) is 6.92 Å². The zero-order chi connectivity index (χ0) is 20.1. The van der Waals surface area contributed by atoms with E-state index < -0.39 is 11.9 Å². The summed E-state index contributed by atoms with van der Waals surface area (Å²) < 4.78 is 4.90. The van der Waals surface area contributed by atoms with Gasteiger partial charge in [0.05, 0.1) is 33.4 Å². The maximum Gasteiger partial charge on any atom is 0.330 e. The number of pyridine rings is 1. The molecule has 0 bridgehead atoms. The van der Waals surface area contributed by atoms with E-state index in [0.29, 0.717) is 17.8 Å². The first-order valence-electron chi connectivity index (χ1n) is 8.49. The van der Waals surface area contributed by atoms with Gasteiger partial charge in [-0.2, -0.15) is 0 Å². The highest BCUT2D eigenvalue weighted by Gasteiger charge is 2.16. The molecule has 7 heteroatoms. The molecule has 0 saturated heterocycles. The van der Waals surface area contributed by atoms with Crippen molar-refractivity contribution in [2.75, 3.05) is 11.9 Å². The molecule has 28 heavy (non-hydrogen) atoms. The summed E-state index contributed by atoms with van der Waals surface area (Å²) in [5, 5.41) is 4.10. The number of benzene rings is 2. The number of hydrogen-bond donors (Lipinski definition) is 1. The van der Waals surface area contributed by atoms with Gasteiger partial charge in [-0.25, -0.2) is 4.79 Å². The number of fused-ring (bicyclic) bond motifs is 1. The van der Waals surface area contributed by atoms with Crippen molar-refractivity contribution in [3.8, 4) is 0 Å². The number of aromatic nitrogens is 1. The molecule has 0 aliphatic carbocycles. The minimum atomic E-state index is -0.433. The molecule has 5 nitrogen and oxygen atoms in total. The third-order valence-electron chi connectivity index (χ3n) is 3.93. The van der Waals surface area contributed by atoms with E-state index in [1.54, 1.807) is 55.6 Å². The summed E-state index contributed by atoms with van der Waals surface area (Å²) in [7, 11) is 0. The number of carbonyl (C=O) groups is 2. The van der Waals surface area contributed by atoms with Gasteiger partial charge in [-0.05, 0) is 42.8 Å². The van der Waals surface area contributed by atoms with Gasteiger partial charge < -0.3 is 10.1 Å². The number of esters is 1. The molecule has 0 fully saturated rings. The van der Waals surface area contributed by atoms with Gasteiger partial charge in [0.15, 0.2) is 0 Å². The quantitative estimate of drug-likeness (QED) is 0.449. The number of nitrogens with one attached hydrogen (secondary N) is 1. The normalized spacial score (nSPS) is 11.0. The fraction of sp³-hybridized carbons (Fsp3) is 0.0952. The number of para-hydroxylation sites is 1. The van der Waals surface area contributed by atoms with Gasteiger partial charge >= 0.3 is 5.97 Å². The highest BCUT2D eigenvalue weighted by molar-refractivity contribution is 6.40. The molecule has 0 aliphatic heterocycles. The Kier molecular flexibility index (Phi) is 6.29. The zero-order valence-corrected chi connectivity index (χ0v) is 16.4. The lowest BCUT2D eigenvalue weighted by Crippen LogP contribution is -2.13. The first-order valence-corrected chi connectivity index (χ1v) is 9.24. The van der Waals surface area contributed by atoms with Crippen LogP contribution in [-0.2, 0) is 9.53 Å². The van der Waals surface area contributed by atoms with E-state index >= 15 is 0 Å². The molecule has 0 spiro atoms. The van der Waals surface area contributed by atoms with Crippen molar-refractivity contribution in [3.05, 3.63) is 75.9 Å². The number of anilines is 1. The first kappa shape index (κ1) is 19.9. The predicted molar refractivity (Wildman–Crippen MR) is 112 cm³/mol. The van der Waals surface area contributed by atoms with Crippen LogP contribution in [0.15, 0.2) is 54.7 Å². The van der Waals surface area contributed by atoms with Crippen LogP contribution >= 0.6 is 23.2 Å². The summed E-state index contributed by atoms with van der Waals surface area (Å²) in [4.78, 5) is 28.6. The van der Waals surface area contributed by atoms with Crippen molar-refractivity contribution in [1.29, 1.82) is 0 Å². The Morgan fingerprint density at radius 2 is 1.82 bits per heavy atom. The fourth-order valence-corrected chi connectivity index (χ4v) is 3.26. The number of carbonyl (C=O) groups excluding carboxylic acids is 2. The molecular weight excluding hydrogens is 399 g/mol. The maximum atomic E-state index is 12.7. The van der Waals surface area contributed by atoms with Gasteiger partial charge in [0, 0.05) is 17.7 Å². The molecule has 0 atom stereocenters. The number of halogens is 2. The molecule has 1 amide bonds. The second-order valence-corrected chi connectivity index (χ2v) is 6.55. The Bertz CT molecular complexity index is 1060. The highest BCUT2D eigenvalue weighted by atomic mass is 35.5. The van der Waals surface area contributed by atoms with Gasteiger partial charge in [-0.1, -0.05) is 41.4 Å². The van der Waals surface area contributed by atoms with Crippen LogP contribution < -0.4 is 5.32 Å². The van der Waals surface area contributed by atoms with E-state index in [4.69, 9.17) is 27.9 Å². The average molecular weight is 415 g/mol. The topological polar surface area (TPSA) is 68.3 Å². The van der Waals surface area contributed by atoms with E-state index in [1.165, 1.54) is 6.08 Å². The standard InChI is InChI=1S/C21H16Cl2N2O3/c1-2-28-18(26)10-9-13-11-12-24-20-14(13)5-3-8-17(20)25-21(27)19-15(22)6-4-7-16(19)23/h3-12H,2H2,1H3,(H,25,27). The van der Waals surface area contributed by atoms with Gasteiger partial charge in [-0.15, -0.1) is 0 Å². The summed E-state index contributed by atoms with van der Waals surface area (Å²) in [5.74, 6) is -0.859. The summed E-state index contributed by atoms with van der Waals surface area (Å²) >= 11 is 12.2. The van der Waals surface area contributed by atoms with E-state index in [1.807, 2.05) is 6.07 Å². The molecule has 2 aromatic carbocycles. The van der Waals surface area contributed by atoms with E-state index in [2.05, 4.69) is 10.3 Å². The number of ether oxygens (including phenoxy) is 1. The second-order valence-electron chi connectivity index (χ2n) is 5.74. The molecule has 142 valence electrons. The minimum Gasteiger partial charge on any atom is -0.463 e. The van der Waals surface area contributed by atoms with E-state index in [0.717, 1.165) is 10.9 Å². The Hall–Kier alpha value is -2.89. The van der Waals surface area contributed by atoms with Crippen molar-refractivity contribution in [1.82, 2.24) is 4.98 Å². The van der Waals surface area contributed by atoms with E-state index in [9.17, 15) is 9.59 Å². The van der Waals surface area contributed by atoms with Crippen LogP contribution in [-0.4, -0.2) is 23.5 Å². The lowest BCUT2D eigenvalue weighted by atomic mass is 10.1. The Morgan fingerprint density at radius 3 is 2.54 bits per heavy atom. The van der Waals surface area contributed by atoms with Gasteiger partial charge in [-0.3, -0.25) is 9.78 Å². The van der Waals surface area contributed by atoms with Gasteiger partial charge in [0.25, 0.3) is 5.91 Å². The molecule has 0 aliphatic rings. The highest BCUT2D eigenvalue weighted by Crippen LogP contribution is 2.28. The van der Waals surface area contributed by atoms with Crippen molar-refractivity contribution in [2.24, 2.45) is 0 Å². The van der Waals surface area contributed by atoms with Crippen LogP contribution in [0.5, 0.6) is 0 Å². The maximum absolute atomic E-state index is 12.7. The van der Waals surface area contributed by atoms with Crippen molar-refractivity contribution in [3.63, 3.8) is 0 Å². The number of hydrogen-bond acceptors (Lipinski definition) is 4. The Balaban J connectivity index is 1.96. The molecule has 1 N–H and O–H groups in total. The number of nitrogens with zero attached hydrogens (tertiary/aromatic N) is 1. The average Bonchev–Trinajstić information content (AvgIpc) is 2.67. The third-order valence-corrected chi connectivity index (χ3v) is 4.56. The van der Waals surface area contributed by atoms with Crippen molar-refractivity contribution < 1.29 is 14.3 Å². The Morgan fingerprint density at radius 1 is 1.11 bits per heavy atom. The summed E-state index contributed by atoms with van der Waals surface area (Å²) in [6, 6.07) is 12.0. The van der Waals surface area contributed by atoms with Crippen LogP contribution in [0.3, 0.4) is 0 Å². The lowest BCUT2D eigenvalue weighted by molar-refractivity contribution is -0.137. The summed E-state index contributed by atoms with van der Waals surface area (Å²) in [6.45, 7) is 2.05. The van der Waals surface area contributed by atoms with Gasteiger partial charge in [0.2, 0.25) is 0 Å². The predicted octanol–water partition coefficient (Wildman–Crippen LogP) is 5.37. The fourth-order valence-electron chi connectivity index (χ4n) is 2.69. The number of amides is 1. The summed E-state index contributed by atoms with van der Waals surface area (Å²) in [6.07, 6.45) is 4.61.